The van der Waals surface area contributed by atoms with Gasteiger partial charge in [0.1, 0.15) is 0 Å². The molecule has 31 heavy (non-hydrogen) atoms. The second-order valence-electron chi connectivity index (χ2n) is 7.20. The normalized spacial score (nSPS) is 10.9. The summed E-state index contributed by atoms with van der Waals surface area (Å²) < 4.78 is 3.52. The first-order valence-electron chi connectivity index (χ1n) is 10.0. The Labute approximate surface area is 185 Å². The van der Waals surface area contributed by atoms with Crippen molar-refractivity contribution in [2.45, 2.75) is 0 Å². The van der Waals surface area contributed by atoms with Crippen molar-refractivity contribution in [1.29, 1.82) is 0 Å². The average molecular weight is 423 g/mol. The molecule has 150 valence electrons. The number of hydrogen-bond acceptors (Lipinski definition) is 1. The van der Waals surface area contributed by atoms with E-state index in [0.29, 0.717) is 5.02 Å². The van der Waals surface area contributed by atoms with Crippen molar-refractivity contribution < 1.29 is 0 Å². The van der Waals surface area contributed by atoms with Crippen molar-refractivity contribution in [2.75, 3.05) is 0 Å². The largest absolute Gasteiger partial charge is 0.338 e. The molecule has 5 aromatic rings. The SMILES string of the molecule is O=c1n(-c2ccccc2)c(-c2ccccc2)c(-c2ccccc2)n1-c1cccc(Cl)c1. The number of hydrogen-bond donors (Lipinski definition) is 0. The second-order valence-corrected chi connectivity index (χ2v) is 7.63. The van der Waals surface area contributed by atoms with Gasteiger partial charge in [0.2, 0.25) is 0 Å². The van der Waals surface area contributed by atoms with E-state index in [4.69, 9.17) is 11.6 Å². The summed E-state index contributed by atoms with van der Waals surface area (Å²) >= 11 is 6.30. The molecule has 0 aliphatic carbocycles. The van der Waals surface area contributed by atoms with Crippen molar-refractivity contribution in [1.82, 2.24) is 9.13 Å². The van der Waals surface area contributed by atoms with Crippen molar-refractivity contribution in [2.24, 2.45) is 0 Å². The van der Waals surface area contributed by atoms with Gasteiger partial charge in [-0.25, -0.2) is 4.79 Å². The van der Waals surface area contributed by atoms with Crippen molar-refractivity contribution in [3.63, 3.8) is 0 Å². The Kier molecular flexibility index (Phi) is 5.03. The van der Waals surface area contributed by atoms with Gasteiger partial charge in [-0.15, -0.1) is 0 Å². The summed E-state index contributed by atoms with van der Waals surface area (Å²) in [4.78, 5) is 14.0. The molecule has 0 fully saturated rings. The lowest BCUT2D eigenvalue weighted by Gasteiger charge is -2.12. The zero-order valence-corrected chi connectivity index (χ0v) is 17.4. The van der Waals surface area contributed by atoms with E-state index >= 15 is 0 Å². The van der Waals surface area contributed by atoms with Crippen LogP contribution in [-0.4, -0.2) is 9.13 Å². The van der Waals surface area contributed by atoms with Crippen LogP contribution in [0.5, 0.6) is 0 Å². The van der Waals surface area contributed by atoms with Crippen LogP contribution in [0.2, 0.25) is 5.02 Å². The van der Waals surface area contributed by atoms with Gasteiger partial charge in [0, 0.05) is 16.1 Å². The van der Waals surface area contributed by atoms with Gasteiger partial charge in [0.15, 0.2) is 0 Å². The Morgan fingerprint density at radius 3 is 1.48 bits per heavy atom. The Morgan fingerprint density at radius 2 is 0.968 bits per heavy atom. The molecular weight excluding hydrogens is 404 g/mol. The molecular formula is C27H19ClN2O. The minimum Gasteiger partial charge on any atom is -0.260 e. The van der Waals surface area contributed by atoms with Gasteiger partial charge in [-0.3, -0.25) is 9.13 Å². The molecule has 4 aromatic carbocycles. The standard InChI is InChI=1S/C27H19ClN2O/c28-22-15-10-18-24(19-22)30-26(21-13-6-2-7-14-21)25(20-11-4-1-5-12-20)29(27(30)31)23-16-8-3-9-17-23/h1-19H. The predicted octanol–water partition coefficient (Wildman–Crippen LogP) is 6.62. The lowest BCUT2D eigenvalue weighted by atomic mass is 10.0. The first kappa shape index (κ1) is 19.2. The van der Waals surface area contributed by atoms with Crippen LogP contribution in [0.3, 0.4) is 0 Å². The predicted molar refractivity (Wildman–Crippen MR) is 127 cm³/mol. The fraction of sp³-hybridized carbons (Fsp3) is 0. The molecule has 0 saturated carbocycles. The highest BCUT2D eigenvalue weighted by molar-refractivity contribution is 6.30. The summed E-state index contributed by atoms with van der Waals surface area (Å²) in [5.41, 5.74) is 4.96. The maximum atomic E-state index is 14.0. The maximum Gasteiger partial charge on any atom is 0.338 e. The van der Waals surface area contributed by atoms with Gasteiger partial charge >= 0.3 is 5.69 Å². The summed E-state index contributed by atoms with van der Waals surface area (Å²) in [5, 5.41) is 0.581. The lowest BCUT2D eigenvalue weighted by molar-refractivity contribution is 0.914. The van der Waals surface area contributed by atoms with Crippen LogP contribution in [-0.2, 0) is 0 Å². The van der Waals surface area contributed by atoms with Crippen molar-refractivity contribution in [3.05, 3.63) is 131 Å². The molecule has 1 aromatic heterocycles. The monoisotopic (exact) mass is 422 g/mol. The smallest absolute Gasteiger partial charge is 0.260 e. The number of aromatic nitrogens is 2. The number of halogens is 1. The van der Waals surface area contributed by atoms with E-state index in [9.17, 15) is 4.79 Å². The van der Waals surface area contributed by atoms with Gasteiger partial charge in [0.25, 0.3) is 0 Å². The molecule has 0 radical (unpaired) electrons. The molecule has 5 rings (SSSR count). The fourth-order valence-corrected chi connectivity index (χ4v) is 4.08. The van der Waals surface area contributed by atoms with Crippen LogP contribution in [0.25, 0.3) is 33.9 Å². The van der Waals surface area contributed by atoms with E-state index in [2.05, 4.69) is 0 Å². The second kappa shape index (κ2) is 8.13. The van der Waals surface area contributed by atoms with Crippen LogP contribution < -0.4 is 5.69 Å². The third kappa shape index (κ3) is 3.49. The topological polar surface area (TPSA) is 26.9 Å². The van der Waals surface area contributed by atoms with Crippen LogP contribution in [0.1, 0.15) is 0 Å². The third-order valence-corrected chi connectivity index (χ3v) is 5.46. The molecule has 0 spiro atoms. The minimum absolute atomic E-state index is 0.147. The van der Waals surface area contributed by atoms with Crippen molar-refractivity contribution >= 4 is 11.6 Å². The van der Waals surface area contributed by atoms with Crippen molar-refractivity contribution in [3.8, 4) is 33.9 Å². The maximum absolute atomic E-state index is 14.0. The van der Waals surface area contributed by atoms with E-state index in [1.54, 1.807) is 9.13 Å². The van der Waals surface area contributed by atoms with E-state index < -0.39 is 0 Å². The summed E-state index contributed by atoms with van der Waals surface area (Å²) in [6.07, 6.45) is 0. The average Bonchev–Trinajstić information content (AvgIpc) is 3.13. The molecule has 3 nitrogen and oxygen atoms in total. The van der Waals surface area contributed by atoms with E-state index in [-0.39, 0.29) is 5.69 Å². The first-order chi connectivity index (χ1) is 15.2. The highest BCUT2D eigenvalue weighted by Crippen LogP contribution is 2.35. The molecule has 1 heterocycles. The number of rotatable bonds is 4. The lowest BCUT2D eigenvalue weighted by Crippen LogP contribution is -2.22. The number of imidazole rings is 1. The van der Waals surface area contributed by atoms with E-state index in [1.165, 1.54) is 0 Å². The minimum atomic E-state index is -0.147. The summed E-state index contributed by atoms with van der Waals surface area (Å²) in [6, 6.07) is 37.1. The van der Waals surface area contributed by atoms with Gasteiger partial charge in [-0.1, -0.05) is 96.5 Å². The van der Waals surface area contributed by atoms with Crippen LogP contribution in [0.4, 0.5) is 0 Å². The molecule has 0 aliphatic rings. The Bertz CT molecular complexity index is 1390. The molecule has 0 saturated heterocycles. The Balaban J connectivity index is 1.96. The Hall–Kier alpha value is -3.82. The number of nitrogens with zero attached hydrogens (tertiary/aromatic N) is 2. The van der Waals surface area contributed by atoms with E-state index in [0.717, 1.165) is 33.9 Å². The molecule has 0 aliphatic heterocycles. The van der Waals surface area contributed by atoms with Gasteiger partial charge < -0.3 is 0 Å². The quantitative estimate of drug-likeness (QED) is 0.320. The van der Waals surface area contributed by atoms with Crippen LogP contribution >= 0.6 is 11.6 Å². The fourth-order valence-electron chi connectivity index (χ4n) is 3.90. The first-order valence-corrected chi connectivity index (χ1v) is 10.4. The van der Waals surface area contributed by atoms with Gasteiger partial charge in [-0.2, -0.15) is 0 Å². The molecule has 0 unspecified atom stereocenters. The Morgan fingerprint density at radius 1 is 0.516 bits per heavy atom. The van der Waals surface area contributed by atoms with Crippen LogP contribution in [0.15, 0.2) is 120 Å². The van der Waals surface area contributed by atoms with Gasteiger partial charge in [-0.05, 0) is 30.3 Å². The summed E-state index contributed by atoms with van der Waals surface area (Å²) in [7, 11) is 0. The summed E-state index contributed by atoms with van der Waals surface area (Å²) in [6.45, 7) is 0. The highest BCUT2D eigenvalue weighted by atomic mass is 35.5. The zero-order chi connectivity index (χ0) is 21.2. The number of benzene rings is 4. The summed E-state index contributed by atoms with van der Waals surface area (Å²) in [5.74, 6) is 0. The van der Waals surface area contributed by atoms with Gasteiger partial charge in [0.05, 0.1) is 22.8 Å². The molecule has 0 atom stereocenters. The molecule has 0 N–H and O–H groups in total. The zero-order valence-electron chi connectivity index (χ0n) is 16.7. The van der Waals surface area contributed by atoms with E-state index in [1.807, 2.05) is 115 Å². The molecule has 4 heteroatoms. The highest BCUT2D eigenvalue weighted by Gasteiger charge is 2.24. The molecule has 0 amide bonds. The number of para-hydroxylation sites is 1. The molecule has 0 bridgehead atoms. The van der Waals surface area contributed by atoms with Crippen LogP contribution in [0, 0.1) is 0 Å². The third-order valence-electron chi connectivity index (χ3n) is 5.23.